The molecule has 1 atom stereocenters. The van der Waals surface area contributed by atoms with E-state index in [1.54, 1.807) is 0 Å². The average Bonchev–Trinajstić information content (AvgIpc) is 2.64. The summed E-state index contributed by atoms with van der Waals surface area (Å²) in [6.45, 7) is 7.24. The van der Waals surface area contributed by atoms with Gasteiger partial charge in [-0.25, -0.2) is 0 Å². The van der Waals surface area contributed by atoms with Crippen LogP contribution in [0.1, 0.15) is 117 Å². The molecule has 0 bridgehead atoms. The minimum atomic E-state index is -0.332. The van der Waals surface area contributed by atoms with Crippen LogP contribution >= 0.6 is 0 Å². The van der Waals surface area contributed by atoms with E-state index in [1.807, 2.05) is 6.92 Å². The summed E-state index contributed by atoms with van der Waals surface area (Å²) in [5.41, 5.74) is -0.332. The molecule has 0 spiro atoms. The molecule has 0 amide bonds. The van der Waals surface area contributed by atoms with Crippen molar-refractivity contribution < 1.29 is 9.84 Å². The van der Waals surface area contributed by atoms with E-state index in [1.165, 1.54) is 83.5 Å². The summed E-state index contributed by atoms with van der Waals surface area (Å²) < 4.78 is 5.79. The second-order valence-corrected chi connectivity index (χ2v) is 7.75. The fourth-order valence-corrected chi connectivity index (χ4v) is 2.93. The summed E-state index contributed by atoms with van der Waals surface area (Å²) in [5, 5.41) is 9.29. The molecule has 0 aromatic carbocycles. The van der Waals surface area contributed by atoms with Crippen LogP contribution in [-0.2, 0) is 4.74 Å². The van der Waals surface area contributed by atoms with E-state index >= 15 is 0 Å². The van der Waals surface area contributed by atoms with Crippen molar-refractivity contribution in [1.29, 1.82) is 0 Å². The molecule has 0 saturated carbocycles. The van der Waals surface area contributed by atoms with Crippen LogP contribution in [0.3, 0.4) is 0 Å². The molecule has 0 aliphatic rings. The Morgan fingerprint density at radius 1 is 0.720 bits per heavy atom. The highest BCUT2D eigenvalue weighted by Crippen LogP contribution is 2.15. The summed E-state index contributed by atoms with van der Waals surface area (Å²) in [6, 6.07) is 0. The lowest BCUT2D eigenvalue weighted by molar-refractivity contribution is -0.0700. The van der Waals surface area contributed by atoms with E-state index in [0.29, 0.717) is 0 Å². The van der Waals surface area contributed by atoms with E-state index in [-0.39, 0.29) is 12.2 Å². The van der Waals surface area contributed by atoms with Gasteiger partial charge in [0.05, 0.1) is 12.2 Å². The molecule has 1 N–H and O–H groups in total. The second kappa shape index (κ2) is 18.5. The van der Waals surface area contributed by atoms with Crippen LogP contribution < -0.4 is 0 Å². The smallest absolute Gasteiger partial charge is 0.0881 e. The molecule has 0 saturated heterocycles. The molecule has 1 unspecified atom stereocenters. The van der Waals surface area contributed by atoms with E-state index < -0.39 is 0 Å². The van der Waals surface area contributed by atoms with Gasteiger partial charge in [0.2, 0.25) is 0 Å². The monoisotopic (exact) mass is 354 g/mol. The Morgan fingerprint density at radius 2 is 1.20 bits per heavy atom. The highest BCUT2D eigenvalue weighted by Gasteiger charge is 2.20. The second-order valence-electron chi connectivity index (χ2n) is 7.75. The fraction of sp³-hybridized carbons (Fsp3) is 0.913. The molecule has 0 radical (unpaired) electrons. The Balaban J connectivity index is 3.22. The highest BCUT2D eigenvalue weighted by molar-refractivity contribution is 4.81. The lowest BCUT2D eigenvalue weighted by Gasteiger charge is -2.26. The lowest BCUT2D eigenvalue weighted by atomic mass is 10.0. The molecule has 25 heavy (non-hydrogen) atoms. The molecule has 0 rings (SSSR count). The molecule has 2 nitrogen and oxygen atoms in total. The maximum atomic E-state index is 9.29. The van der Waals surface area contributed by atoms with Crippen molar-refractivity contribution in [3.05, 3.63) is 12.2 Å². The quantitative estimate of drug-likeness (QED) is 0.196. The van der Waals surface area contributed by atoms with Gasteiger partial charge in [0.25, 0.3) is 0 Å². The number of rotatable bonds is 19. The minimum Gasteiger partial charge on any atom is -0.393 e. The molecular weight excluding hydrogens is 308 g/mol. The van der Waals surface area contributed by atoms with Crippen LogP contribution in [0.5, 0.6) is 0 Å². The molecule has 0 aromatic heterocycles. The average molecular weight is 355 g/mol. The first-order valence-electron chi connectivity index (χ1n) is 11.1. The lowest BCUT2D eigenvalue weighted by Crippen LogP contribution is -2.32. The van der Waals surface area contributed by atoms with E-state index in [9.17, 15) is 5.11 Å². The maximum absolute atomic E-state index is 9.29. The Bertz CT molecular complexity index is 282. The van der Waals surface area contributed by atoms with Crippen LogP contribution in [-0.4, -0.2) is 23.9 Å². The van der Waals surface area contributed by atoms with Crippen LogP contribution in [0.15, 0.2) is 12.2 Å². The third-order valence-electron chi connectivity index (χ3n) is 5.19. The fourth-order valence-electron chi connectivity index (χ4n) is 2.93. The molecule has 150 valence electrons. The minimum absolute atomic E-state index is 0.121. The molecule has 0 aliphatic heterocycles. The SMILES string of the molecule is CCCCCCCC/C=C\CCCCCCCCOC(C)(CC)CO. The van der Waals surface area contributed by atoms with Gasteiger partial charge in [-0.2, -0.15) is 0 Å². The molecule has 0 heterocycles. The van der Waals surface area contributed by atoms with Crippen molar-refractivity contribution in [3.63, 3.8) is 0 Å². The van der Waals surface area contributed by atoms with Crippen molar-refractivity contribution in [3.8, 4) is 0 Å². The van der Waals surface area contributed by atoms with Crippen LogP contribution in [0.2, 0.25) is 0 Å². The Kier molecular flexibility index (Phi) is 18.2. The third-order valence-corrected chi connectivity index (χ3v) is 5.19. The number of ether oxygens (including phenoxy) is 1. The predicted molar refractivity (Wildman–Crippen MR) is 111 cm³/mol. The molecule has 0 aliphatic carbocycles. The van der Waals surface area contributed by atoms with Crippen LogP contribution in [0, 0.1) is 0 Å². The predicted octanol–water partition coefficient (Wildman–Crippen LogP) is 7.20. The molecule has 0 aromatic rings. The topological polar surface area (TPSA) is 29.5 Å². The summed E-state index contributed by atoms with van der Waals surface area (Å²) >= 11 is 0. The van der Waals surface area contributed by atoms with Gasteiger partial charge in [-0.1, -0.05) is 83.8 Å². The number of hydrogen-bond acceptors (Lipinski definition) is 2. The van der Waals surface area contributed by atoms with Crippen LogP contribution in [0.4, 0.5) is 0 Å². The molecular formula is C23H46O2. The van der Waals surface area contributed by atoms with Crippen molar-refractivity contribution in [1.82, 2.24) is 0 Å². The highest BCUT2D eigenvalue weighted by atomic mass is 16.5. The van der Waals surface area contributed by atoms with Crippen molar-refractivity contribution in [2.24, 2.45) is 0 Å². The van der Waals surface area contributed by atoms with Crippen molar-refractivity contribution in [2.75, 3.05) is 13.2 Å². The summed E-state index contributed by atoms with van der Waals surface area (Å²) in [5.74, 6) is 0. The first kappa shape index (κ1) is 24.7. The van der Waals surface area contributed by atoms with Gasteiger partial charge >= 0.3 is 0 Å². The number of aliphatic hydroxyl groups is 1. The Labute approximate surface area is 158 Å². The van der Waals surface area contributed by atoms with E-state index in [4.69, 9.17) is 4.74 Å². The van der Waals surface area contributed by atoms with E-state index in [2.05, 4.69) is 26.0 Å². The number of allylic oxidation sites excluding steroid dienone is 2. The van der Waals surface area contributed by atoms with Gasteiger partial charge < -0.3 is 9.84 Å². The number of aliphatic hydroxyl groups excluding tert-OH is 1. The normalized spacial score (nSPS) is 14.2. The standard InChI is InChI=1S/C23H46O2/c1-4-6-7-8-9-10-11-12-13-14-15-16-17-18-19-20-21-25-23(3,5-2)22-24/h12-13,24H,4-11,14-22H2,1-3H3/b13-12-. The van der Waals surface area contributed by atoms with Gasteiger partial charge in [-0.15, -0.1) is 0 Å². The first-order valence-corrected chi connectivity index (χ1v) is 11.1. The van der Waals surface area contributed by atoms with Crippen molar-refractivity contribution in [2.45, 2.75) is 123 Å². The number of unbranched alkanes of at least 4 members (excludes halogenated alkanes) is 12. The van der Waals surface area contributed by atoms with E-state index in [0.717, 1.165) is 19.4 Å². The molecule has 2 heteroatoms. The summed E-state index contributed by atoms with van der Waals surface area (Å²) in [6.07, 6.45) is 24.3. The Morgan fingerprint density at radius 3 is 1.68 bits per heavy atom. The van der Waals surface area contributed by atoms with Gasteiger partial charge in [-0.05, 0) is 45.4 Å². The van der Waals surface area contributed by atoms with Gasteiger partial charge in [0.15, 0.2) is 0 Å². The van der Waals surface area contributed by atoms with Gasteiger partial charge in [0.1, 0.15) is 0 Å². The summed E-state index contributed by atoms with van der Waals surface area (Å²) in [4.78, 5) is 0. The zero-order valence-corrected chi connectivity index (χ0v) is 17.5. The zero-order chi connectivity index (χ0) is 18.6. The van der Waals surface area contributed by atoms with Crippen molar-refractivity contribution >= 4 is 0 Å². The largest absolute Gasteiger partial charge is 0.393 e. The maximum Gasteiger partial charge on any atom is 0.0881 e. The van der Waals surface area contributed by atoms with Gasteiger partial charge in [-0.3, -0.25) is 0 Å². The first-order chi connectivity index (χ1) is 12.2. The molecule has 0 fully saturated rings. The third kappa shape index (κ3) is 16.9. The number of hydrogen-bond donors (Lipinski definition) is 1. The van der Waals surface area contributed by atoms with Crippen LogP contribution in [0.25, 0.3) is 0 Å². The zero-order valence-electron chi connectivity index (χ0n) is 17.5. The van der Waals surface area contributed by atoms with Gasteiger partial charge in [0, 0.05) is 6.61 Å². The summed E-state index contributed by atoms with van der Waals surface area (Å²) in [7, 11) is 0. The Hall–Kier alpha value is -0.340.